The van der Waals surface area contributed by atoms with Crippen LogP contribution >= 0.6 is 15.9 Å². The predicted octanol–water partition coefficient (Wildman–Crippen LogP) is 2.15. The minimum atomic E-state index is 0.503. The van der Waals surface area contributed by atoms with Gasteiger partial charge in [0.05, 0.1) is 14.2 Å². The summed E-state index contributed by atoms with van der Waals surface area (Å²) >= 11 is 3.44. The van der Waals surface area contributed by atoms with Gasteiger partial charge in [0.2, 0.25) is 0 Å². The molecule has 2 rings (SSSR count). The van der Waals surface area contributed by atoms with Crippen molar-refractivity contribution in [2.45, 2.75) is 5.92 Å². The van der Waals surface area contributed by atoms with E-state index in [9.17, 15) is 0 Å². The van der Waals surface area contributed by atoms with Crippen LogP contribution in [0.15, 0.2) is 16.6 Å². The highest BCUT2D eigenvalue weighted by Gasteiger charge is 2.26. The lowest BCUT2D eigenvalue weighted by molar-refractivity contribution is 0.356. The van der Waals surface area contributed by atoms with Crippen LogP contribution in [0.3, 0.4) is 0 Å². The fourth-order valence-corrected chi connectivity index (χ4v) is 2.22. The lowest BCUT2D eigenvalue weighted by atomic mass is 9.92. The minimum absolute atomic E-state index is 0.503. The second kappa shape index (κ2) is 4.41. The Kier molecular flexibility index (Phi) is 3.17. The molecular formula is C11H14BrNO2. The molecule has 0 bridgehead atoms. The zero-order chi connectivity index (χ0) is 10.8. The number of nitrogens with one attached hydrogen (secondary N) is 1. The van der Waals surface area contributed by atoms with Crippen molar-refractivity contribution in [2.24, 2.45) is 0 Å². The number of ether oxygens (including phenoxy) is 2. The first kappa shape index (κ1) is 10.8. The van der Waals surface area contributed by atoms with Crippen LogP contribution in [0.2, 0.25) is 0 Å². The molecule has 1 N–H and O–H groups in total. The highest BCUT2D eigenvalue weighted by molar-refractivity contribution is 9.10. The zero-order valence-electron chi connectivity index (χ0n) is 8.84. The van der Waals surface area contributed by atoms with Gasteiger partial charge in [0.25, 0.3) is 0 Å². The Bertz CT molecular complexity index is 339. The van der Waals surface area contributed by atoms with Crippen molar-refractivity contribution >= 4 is 15.9 Å². The third-order valence-corrected chi connectivity index (χ3v) is 3.16. The van der Waals surface area contributed by atoms with Gasteiger partial charge in [-0.3, -0.25) is 0 Å². The molecule has 1 fully saturated rings. The molecule has 0 atom stereocenters. The van der Waals surface area contributed by atoms with Crippen molar-refractivity contribution in [3.8, 4) is 11.5 Å². The Hall–Kier alpha value is -0.740. The molecule has 1 aliphatic rings. The number of benzene rings is 1. The van der Waals surface area contributed by atoms with E-state index in [4.69, 9.17) is 9.47 Å². The summed E-state index contributed by atoms with van der Waals surface area (Å²) in [6.07, 6.45) is 0. The molecule has 82 valence electrons. The van der Waals surface area contributed by atoms with E-state index in [0.29, 0.717) is 5.92 Å². The summed E-state index contributed by atoms with van der Waals surface area (Å²) in [6.45, 7) is 1.99. The Labute approximate surface area is 97.9 Å². The molecule has 0 saturated carbocycles. The Morgan fingerprint density at radius 3 is 2.07 bits per heavy atom. The number of methoxy groups -OCH3 is 2. The van der Waals surface area contributed by atoms with Crippen LogP contribution in [-0.4, -0.2) is 27.3 Å². The number of hydrogen-bond acceptors (Lipinski definition) is 3. The van der Waals surface area contributed by atoms with Crippen LogP contribution in [0.25, 0.3) is 0 Å². The molecule has 0 radical (unpaired) electrons. The quantitative estimate of drug-likeness (QED) is 0.914. The fraction of sp³-hybridized carbons (Fsp3) is 0.455. The van der Waals surface area contributed by atoms with Crippen LogP contribution in [0.4, 0.5) is 0 Å². The SMILES string of the molecule is COc1cc(Br)cc(OC)c1C1CNC1. The highest BCUT2D eigenvalue weighted by atomic mass is 79.9. The number of hydrogen-bond donors (Lipinski definition) is 1. The van der Waals surface area contributed by atoms with Gasteiger partial charge in [-0.1, -0.05) is 15.9 Å². The van der Waals surface area contributed by atoms with Crippen molar-refractivity contribution in [1.82, 2.24) is 5.32 Å². The molecule has 1 aliphatic heterocycles. The Morgan fingerprint density at radius 2 is 1.73 bits per heavy atom. The van der Waals surface area contributed by atoms with Gasteiger partial charge in [-0.2, -0.15) is 0 Å². The third kappa shape index (κ3) is 1.96. The number of halogens is 1. The molecule has 0 amide bonds. The second-order valence-electron chi connectivity index (χ2n) is 3.58. The summed E-state index contributed by atoms with van der Waals surface area (Å²) < 4.78 is 11.8. The molecule has 0 aromatic heterocycles. The average molecular weight is 272 g/mol. The summed E-state index contributed by atoms with van der Waals surface area (Å²) in [7, 11) is 3.38. The zero-order valence-corrected chi connectivity index (χ0v) is 10.4. The van der Waals surface area contributed by atoms with Crippen molar-refractivity contribution in [1.29, 1.82) is 0 Å². The van der Waals surface area contributed by atoms with Gasteiger partial charge in [-0.25, -0.2) is 0 Å². The summed E-state index contributed by atoms with van der Waals surface area (Å²) in [4.78, 5) is 0. The molecule has 1 aromatic rings. The van der Waals surface area contributed by atoms with Gasteiger partial charge in [0.15, 0.2) is 0 Å². The van der Waals surface area contributed by atoms with E-state index in [-0.39, 0.29) is 0 Å². The van der Waals surface area contributed by atoms with Crippen molar-refractivity contribution in [3.63, 3.8) is 0 Å². The van der Waals surface area contributed by atoms with Gasteiger partial charge in [-0.05, 0) is 12.1 Å². The smallest absolute Gasteiger partial charge is 0.127 e. The first-order valence-corrected chi connectivity index (χ1v) is 5.67. The van der Waals surface area contributed by atoms with Crippen molar-refractivity contribution in [2.75, 3.05) is 27.3 Å². The Morgan fingerprint density at radius 1 is 1.20 bits per heavy atom. The lowest BCUT2D eigenvalue weighted by Crippen LogP contribution is -2.40. The molecule has 3 nitrogen and oxygen atoms in total. The molecule has 15 heavy (non-hydrogen) atoms. The number of rotatable bonds is 3. The van der Waals surface area contributed by atoms with E-state index in [1.807, 2.05) is 12.1 Å². The van der Waals surface area contributed by atoms with Gasteiger partial charge in [0, 0.05) is 29.0 Å². The lowest BCUT2D eigenvalue weighted by Gasteiger charge is -2.30. The van der Waals surface area contributed by atoms with Gasteiger partial charge in [0.1, 0.15) is 11.5 Å². The molecule has 0 spiro atoms. The maximum atomic E-state index is 5.39. The van der Waals surface area contributed by atoms with Gasteiger partial charge in [-0.15, -0.1) is 0 Å². The molecule has 4 heteroatoms. The van der Waals surface area contributed by atoms with E-state index in [0.717, 1.165) is 29.1 Å². The van der Waals surface area contributed by atoms with Gasteiger partial charge >= 0.3 is 0 Å². The maximum Gasteiger partial charge on any atom is 0.127 e. The summed E-state index contributed by atoms with van der Waals surface area (Å²) in [5.41, 5.74) is 1.17. The molecule has 0 unspecified atom stereocenters. The van der Waals surface area contributed by atoms with Gasteiger partial charge < -0.3 is 14.8 Å². The highest BCUT2D eigenvalue weighted by Crippen LogP contribution is 2.39. The molecule has 1 saturated heterocycles. The van der Waals surface area contributed by atoms with Crippen molar-refractivity contribution < 1.29 is 9.47 Å². The third-order valence-electron chi connectivity index (χ3n) is 2.70. The second-order valence-corrected chi connectivity index (χ2v) is 4.49. The average Bonchev–Trinajstić information content (AvgIpc) is 2.17. The monoisotopic (exact) mass is 271 g/mol. The van der Waals surface area contributed by atoms with Crippen LogP contribution < -0.4 is 14.8 Å². The topological polar surface area (TPSA) is 30.5 Å². The normalized spacial score (nSPS) is 15.9. The first-order valence-electron chi connectivity index (χ1n) is 4.88. The van der Waals surface area contributed by atoms with E-state index < -0.39 is 0 Å². The maximum absolute atomic E-state index is 5.39. The van der Waals surface area contributed by atoms with E-state index >= 15 is 0 Å². The predicted molar refractivity (Wildman–Crippen MR) is 62.9 cm³/mol. The van der Waals surface area contributed by atoms with E-state index in [1.54, 1.807) is 14.2 Å². The largest absolute Gasteiger partial charge is 0.496 e. The molecular weight excluding hydrogens is 258 g/mol. The minimum Gasteiger partial charge on any atom is -0.496 e. The summed E-state index contributed by atoms with van der Waals surface area (Å²) in [5, 5.41) is 3.25. The van der Waals surface area contributed by atoms with Crippen LogP contribution in [0.1, 0.15) is 11.5 Å². The standard InChI is InChI=1S/C11H14BrNO2/c1-14-9-3-8(12)4-10(15-2)11(9)7-5-13-6-7/h3-4,7,13H,5-6H2,1-2H3. The van der Waals surface area contributed by atoms with E-state index in [2.05, 4.69) is 21.2 Å². The van der Waals surface area contributed by atoms with Crippen LogP contribution in [0.5, 0.6) is 11.5 Å². The molecule has 1 heterocycles. The Balaban J connectivity index is 2.46. The van der Waals surface area contributed by atoms with Crippen molar-refractivity contribution in [3.05, 3.63) is 22.2 Å². The fourth-order valence-electron chi connectivity index (χ4n) is 1.80. The molecule has 1 aromatic carbocycles. The first-order chi connectivity index (χ1) is 7.26. The van der Waals surface area contributed by atoms with Crippen LogP contribution in [-0.2, 0) is 0 Å². The van der Waals surface area contributed by atoms with E-state index in [1.165, 1.54) is 5.56 Å². The summed E-state index contributed by atoms with van der Waals surface area (Å²) in [6, 6.07) is 3.96. The molecule has 0 aliphatic carbocycles. The van der Waals surface area contributed by atoms with Crippen LogP contribution in [0, 0.1) is 0 Å². The summed E-state index contributed by atoms with van der Waals surface area (Å²) in [5.74, 6) is 2.29.